The zero-order valence-electron chi connectivity index (χ0n) is 11.9. The van der Waals surface area contributed by atoms with E-state index in [0.717, 1.165) is 25.0 Å². The molecule has 0 saturated heterocycles. The van der Waals surface area contributed by atoms with Crippen LogP contribution in [0.3, 0.4) is 0 Å². The maximum atomic E-state index is 10.9. The molecule has 0 amide bonds. The molecule has 1 unspecified atom stereocenters. The molecule has 0 spiro atoms. The molecule has 0 aromatic heterocycles. The highest BCUT2D eigenvalue weighted by Crippen LogP contribution is 2.07. The van der Waals surface area contributed by atoms with E-state index < -0.39 is 17.9 Å². The Kier molecular flexibility index (Phi) is 8.87. The van der Waals surface area contributed by atoms with Crippen molar-refractivity contribution in [2.45, 2.75) is 39.5 Å². The van der Waals surface area contributed by atoms with Crippen molar-refractivity contribution >= 4 is 11.9 Å². The first-order valence-electron chi connectivity index (χ1n) is 6.64. The minimum absolute atomic E-state index is 0.200. The van der Waals surface area contributed by atoms with Crippen LogP contribution >= 0.6 is 0 Å². The van der Waals surface area contributed by atoms with Gasteiger partial charge in [-0.3, -0.25) is 14.5 Å². The van der Waals surface area contributed by atoms with E-state index in [1.165, 1.54) is 0 Å². The Morgan fingerprint density at radius 2 is 1.84 bits per heavy atom. The van der Waals surface area contributed by atoms with Gasteiger partial charge in [-0.25, -0.2) is 0 Å². The van der Waals surface area contributed by atoms with Crippen LogP contribution < -0.4 is 0 Å². The highest BCUT2D eigenvalue weighted by atomic mass is 16.4. The lowest BCUT2D eigenvalue weighted by atomic mass is 10.1. The highest BCUT2D eigenvalue weighted by molar-refractivity contribution is 5.69. The summed E-state index contributed by atoms with van der Waals surface area (Å²) in [6.07, 6.45) is 2.60. The minimum atomic E-state index is -0.794. The van der Waals surface area contributed by atoms with E-state index in [1.54, 1.807) is 6.92 Å². The Labute approximate surface area is 114 Å². The Balaban J connectivity index is 4.02. The summed E-state index contributed by atoms with van der Waals surface area (Å²) < 4.78 is 0. The molecule has 0 aliphatic rings. The zero-order valence-corrected chi connectivity index (χ0v) is 11.9. The molecule has 0 radical (unpaired) electrons. The summed E-state index contributed by atoms with van der Waals surface area (Å²) in [5.74, 6) is -1.96. The van der Waals surface area contributed by atoms with Gasteiger partial charge in [0, 0.05) is 19.5 Å². The molecular formula is C14H25NO4. The van der Waals surface area contributed by atoms with E-state index in [-0.39, 0.29) is 6.42 Å². The predicted octanol–water partition coefficient (Wildman–Crippen LogP) is 2.23. The summed E-state index contributed by atoms with van der Waals surface area (Å²) in [6.45, 7) is 9.43. The molecular weight excluding hydrogens is 246 g/mol. The second kappa shape index (κ2) is 9.55. The zero-order chi connectivity index (χ0) is 14.8. The van der Waals surface area contributed by atoms with Crippen molar-refractivity contribution < 1.29 is 19.8 Å². The third-order valence-electron chi connectivity index (χ3n) is 2.81. The maximum Gasteiger partial charge on any atom is 0.307 e. The van der Waals surface area contributed by atoms with Crippen molar-refractivity contribution in [3.8, 4) is 0 Å². The summed E-state index contributed by atoms with van der Waals surface area (Å²) >= 11 is 0. The van der Waals surface area contributed by atoms with Crippen LogP contribution in [0.1, 0.15) is 39.5 Å². The fourth-order valence-corrected chi connectivity index (χ4v) is 1.87. The van der Waals surface area contributed by atoms with Gasteiger partial charge in [-0.1, -0.05) is 25.5 Å². The lowest BCUT2D eigenvalue weighted by Gasteiger charge is -2.24. The normalized spacial score (nSPS) is 12.4. The van der Waals surface area contributed by atoms with Crippen LogP contribution in [0, 0.1) is 5.92 Å². The number of hydrogen-bond acceptors (Lipinski definition) is 3. The van der Waals surface area contributed by atoms with Gasteiger partial charge < -0.3 is 10.2 Å². The molecule has 0 fully saturated rings. The number of carboxylic acids is 2. The number of aliphatic carboxylic acids is 2. The van der Waals surface area contributed by atoms with E-state index in [4.69, 9.17) is 10.2 Å². The Morgan fingerprint density at radius 1 is 1.21 bits per heavy atom. The van der Waals surface area contributed by atoms with Crippen molar-refractivity contribution in [2.75, 3.05) is 19.6 Å². The van der Waals surface area contributed by atoms with Crippen molar-refractivity contribution in [3.63, 3.8) is 0 Å². The molecule has 0 aliphatic heterocycles. The smallest absolute Gasteiger partial charge is 0.307 e. The van der Waals surface area contributed by atoms with E-state index >= 15 is 0 Å². The van der Waals surface area contributed by atoms with Gasteiger partial charge in [-0.05, 0) is 26.3 Å². The maximum absolute atomic E-state index is 10.9. The molecule has 0 saturated carbocycles. The van der Waals surface area contributed by atoms with Crippen LogP contribution in [-0.2, 0) is 9.59 Å². The largest absolute Gasteiger partial charge is 0.481 e. The topological polar surface area (TPSA) is 77.8 Å². The molecule has 0 aromatic carbocycles. The van der Waals surface area contributed by atoms with Gasteiger partial charge in [0.25, 0.3) is 0 Å². The molecule has 2 N–H and O–H groups in total. The van der Waals surface area contributed by atoms with Crippen LogP contribution in [0.15, 0.2) is 12.2 Å². The molecule has 0 aromatic rings. The molecule has 19 heavy (non-hydrogen) atoms. The van der Waals surface area contributed by atoms with Crippen molar-refractivity contribution in [1.29, 1.82) is 0 Å². The third-order valence-corrected chi connectivity index (χ3v) is 2.81. The molecule has 5 nitrogen and oxygen atoms in total. The van der Waals surface area contributed by atoms with E-state index in [2.05, 4.69) is 11.5 Å². The average molecular weight is 271 g/mol. The van der Waals surface area contributed by atoms with E-state index in [0.29, 0.717) is 19.5 Å². The summed E-state index contributed by atoms with van der Waals surface area (Å²) in [6, 6.07) is 0. The molecule has 0 rings (SSSR count). The van der Waals surface area contributed by atoms with Crippen LogP contribution in [-0.4, -0.2) is 46.7 Å². The number of unbranched alkanes of at least 4 members (excludes halogenated alkanes) is 2. The Morgan fingerprint density at radius 3 is 2.32 bits per heavy atom. The molecule has 5 heteroatoms. The first kappa shape index (κ1) is 17.6. The fourth-order valence-electron chi connectivity index (χ4n) is 1.87. The van der Waals surface area contributed by atoms with Crippen LogP contribution in [0.25, 0.3) is 0 Å². The van der Waals surface area contributed by atoms with Gasteiger partial charge in [0.15, 0.2) is 0 Å². The highest BCUT2D eigenvalue weighted by Gasteiger charge is 2.15. The molecule has 0 heterocycles. The quantitative estimate of drug-likeness (QED) is 0.445. The molecule has 1 atom stereocenters. The van der Waals surface area contributed by atoms with Crippen LogP contribution in [0.5, 0.6) is 0 Å². The van der Waals surface area contributed by atoms with Gasteiger partial charge in [-0.2, -0.15) is 0 Å². The molecule has 0 aliphatic carbocycles. The first-order chi connectivity index (χ1) is 8.82. The second-order valence-corrected chi connectivity index (χ2v) is 5.14. The summed E-state index contributed by atoms with van der Waals surface area (Å²) in [5, 5.41) is 17.5. The lowest BCUT2D eigenvalue weighted by molar-refractivity contribution is -0.142. The third kappa shape index (κ3) is 10.3. The lowest BCUT2D eigenvalue weighted by Crippen LogP contribution is -2.33. The van der Waals surface area contributed by atoms with Crippen LogP contribution in [0.2, 0.25) is 0 Å². The minimum Gasteiger partial charge on any atom is -0.481 e. The second-order valence-electron chi connectivity index (χ2n) is 5.14. The van der Waals surface area contributed by atoms with Crippen LogP contribution in [0.4, 0.5) is 0 Å². The van der Waals surface area contributed by atoms with Gasteiger partial charge in [-0.15, -0.1) is 0 Å². The summed E-state index contributed by atoms with van der Waals surface area (Å²) in [7, 11) is 0. The van der Waals surface area contributed by atoms with Crippen molar-refractivity contribution in [1.82, 2.24) is 4.90 Å². The summed E-state index contributed by atoms with van der Waals surface area (Å²) in [4.78, 5) is 23.3. The number of carbonyl (C=O) groups is 2. The Hall–Kier alpha value is -1.36. The van der Waals surface area contributed by atoms with E-state index in [1.807, 2.05) is 6.92 Å². The van der Waals surface area contributed by atoms with Gasteiger partial charge in [0.05, 0.1) is 5.92 Å². The first-order valence-corrected chi connectivity index (χ1v) is 6.64. The Bertz CT molecular complexity index is 315. The number of carboxylic acid groups (broad SMARTS) is 2. The van der Waals surface area contributed by atoms with Gasteiger partial charge in [0.2, 0.25) is 0 Å². The van der Waals surface area contributed by atoms with Gasteiger partial charge >= 0.3 is 11.9 Å². The number of nitrogens with zero attached hydrogens (tertiary/aromatic N) is 1. The predicted molar refractivity (Wildman–Crippen MR) is 74.2 cm³/mol. The molecule has 110 valence electrons. The van der Waals surface area contributed by atoms with E-state index in [9.17, 15) is 9.59 Å². The molecule has 0 bridgehead atoms. The number of hydrogen-bond donors (Lipinski definition) is 2. The monoisotopic (exact) mass is 271 g/mol. The fraction of sp³-hybridized carbons (Fsp3) is 0.714. The average Bonchev–Trinajstić information content (AvgIpc) is 2.26. The summed E-state index contributed by atoms with van der Waals surface area (Å²) in [5.41, 5.74) is 1.00. The SMILES string of the molecule is C=C(C)CN(CCCCCC(=O)O)CC(C)C(=O)O. The number of rotatable bonds is 11. The van der Waals surface area contributed by atoms with Gasteiger partial charge in [0.1, 0.15) is 0 Å². The van der Waals surface area contributed by atoms with Crippen molar-refractivity contribution in [3.05, 3.63) is 12.2 Å². The standard InChI is InChI=1S/C14H25NO4/c1-11(2)9-15(10-12(3)14(18)19)8-6-4-5-7-13(16)17/h12H,1,4-10H2,2-3H3,(H,16,17)(H,18,19). The van der Waals surface area contributed by atoms with Crippen molar-refractivity contribution in [2.24, 2.45) is 5.92 Å².